The van der Waals surface area contributed by atoms with Crippen LogP contribution in [0.5, 0.6) is 0 Å². The molecule has 0 amide bonds. The molecule has 0 atom stereocenters. The van der Waals surface area contributed by atoms with Crippen molar-refractivity contribution >= 4 is 174 Å². The Labute approximate surface area is 806 Å². The summed E-state index contributed by atoms with van der Waals surface area (Å²) in [7, 11) is 0. The van der Waals surface area contributed by atoms with E-state index < -0.39 is 18.1 Å². The first-order valence-corrected chi connectivity index (χ1v) is 46.8. The Kier molecular flexibility index (Phi) is 17.9. The van der Waals surface area contributed by atoms with Gasteiger partial charge in [-0.1, -0.05) is 376 Å². The lowest BCUT2D eigenvalue weighted by Gasteiger charge is -2.14. The van der Waals surface area contributed by atoms with Crippen LogP contribution in [0, 0.1) is 0 Å². The summed E-state index contributed by atoms with van der Waals surface area (Å²) in [5.41, 5.74) is 19.6. The minimum atomic E-state index is -0.456. The zero-order valence-electron chi connectivity index (χ0n) is 79.9. The van der Waals surface area contributed by atoms with Crippen LogP contribution in [0.3, 0.4) is 0 Å². The number of benzene rings is 23. The average Bonchev–Trinajstić information content (AvgIpc) is 1.58. The van der Waals surface area contributed by atoms with Gasteiger partial charge in [0.1, 0.15) is 17.5 Å². The van der Waals surface area contributed by atoms with Gasteiger partial charge in [0.2, 0.25) is 0 Å². The molecule has 9 nitrogen and oxygen atoms in total. The van der Waals surface area contributed by atoms with E-state index in [2.05, 4.69) is 420 Å². The van der Waals surface area contributed by atoms with Crippen molar-refractivity contribution < 1.29 is 6.85 Å². The van der Waals surface area contributed by atoms with Crippen LogP contribution in [0.1, 0.15) is 6.85 Å². The second-order valence-corrected chi connectivity index (χ2v) is 35.7. The smallest absolute Gasteiger partial charge is 0.162 e. The molecule has 0 saturated heterocycles. The summed E-state index contributed by atoms with van der Waals surface area (Å²) in [4.78, 5) is 31.3. The molecule has 0 radical (unpaired) electrons. The first-order valence-electron chi connectivity index (χ1n) is 49.3. The van der Waals surface area contributed by atoms with Gasteiger partial charge < -0.3 is 0 Å². The molecule has 0 N–H and O–H groups in total. The zero-order chi connectivity index (χ0) is 95.9. The lowest BCUT2D eigenvalue weighted by molar-refractivity contribution is 1.08. The van der Waals surface area contributed by atoms with Crippen molar-refractivity contribution in [1.29, 1.82) is 0 Å². The quantitative estimate of drug-likeness (QED) is 0.135. The Hall–Kier alpha value is -18.7. The summed E-state index contributed by atoms with van der Waals surface area (Å²) in [6.45, 7) is 0. The number of hydrogen-bond acceptors (Lipinski definition) is 6. The fourth-order valence-electron chi connectivity index (χ4n) is 20.6. The Bertz CT molecular complexity index is 10400. The number of fused-ring (bicyclic) bond motifs is 19. The Morgan fingerprint density at radius 3 is 0.741 bits per heavy atom. The highest BCUT2D eigenvalue weighted by molar-refractivity contribution is 6.18. The summed E-state index contributed by atoms with van der Waals surface area (Å²) < 4.78 is 49.2. The molecule has 9 heteroatoms. The SMILES string of the molecule is [2H]c1c([2H])c([2H])c(-c2nc(-n3c4ccccc4c4cc5ccccc5cc43)c3ccc(-c4ccc5ccccc5c4)cc3n2)c([2H])c1[2H].c1ccc(-c2ccc(-c3nc(-n4c5ccccc5c5cc6ccccc6cc54)c4ccc(-c5ccc6ccccc6c5)cc4n3)cc2)cc1.c1ccc2cc(-c3ccc4c(-n5c6ccccc6c6cc7ccccc7cc65)nc(-c5ccc6ccccc6c5)nc4c3)ccc2c1. The monoisotopic (exact) mass is 1770 g/mol. The lowest BCUT2D eigenvalue weighted by atomic mass is 10.00. The van der Waals surface area contributed by atoms with Crippen molar-refractivity contribution in [3.63, 3.8) is 0 Å². The van der Waals surface area contributed by atoms with Crippen LogP contribution in [-0.4, -0.2) is 43.6 Å². The Morgan fingerprint density at radius 1 is 0.144 bits per heavy atom. The van der Waals surface area contributed by atoms with Crippen LogP contribution in [0.2, 0.25) is 0 Å². The molecule has 0 fully saturated rings. The van der Waals surface area contributed by atoms with Gasteiger partial charge in [0.05, 0.1) is 56.5 Å². The van der Waals surface area contributed by atoms with E-state index in [1.54, 1.807) is 0 Å². The van der Waals surface area contributed by atoms with Crippen LogP contribution in [0.25, 0.3) is 270 Å². The van der Waals surface area contributed by atoms with Gasteiger partial charge in [-0.25, -0.2) is 29.9 Å². The number of nitrogens with zero attached hydrogens (tertiary/aromatic N) is 9. The third-order valence-electron chi connectivity index (χ3n) is 27.5. The molecule has 646 valence electrons. The third-order valence-corrected chi connectivity index (χ3v) is 27.5. The van der Waals surface area contributed by atoms with Gasteiger partial charge in [-0.3, -0.25) is 13.7 Å². The fraction of sp³-hybridized carbons (Fsp3) is 0. The highest BCUT2D eigenvalue weighted by Crippen LogP contribution is 2.45. The van der Waals surface area contributed by atoms with Crippen molar-refractivity contribution in [3.8, 4) is 96.1 Å². The minimum absolute atomic E-state index is 0.0357. The number of hydrogen-bond donors (Lipinski definition) is 0. The van der Waals surface area contributed by atoms with Crippen LogP contribution in [-0.2, 0) is 0 Å². The van der Waals surface area contributed by atoms with Gasteiger partial charge in [0, 0.05) is 65.2 Å². The normalized spacial score (nSPS) is 12.2. The largest absolute Gasteiger partial charge is 0.293 e. The first kappa shape index (κ1) is 74.8. The Balaban J connectivity index is 0.000000108. The van der Waals surface area contributed by atoms with Gasteiger partial charge in [-0.2, -0.15) is 0 Å². The molecule has 0 bridgehead atoms. The minimum Gasteiger partial charge on any atom is -0.293 e. The van der Waals surface area contributed by atoms with E-state index in [0.29, 0.717) is 23.0 Å². The van der Waals surface area contributed by atoms with Crippen LogP contribution in [0.15, 0.2) is 491 Å². The van der Waals surface area contributed by atoms with Crippen molar-refractivity contribution in [2.75, 3.05) is 0 Å². The molecule has 29 aromatic rings. The molecule has 0 spiro atoms. The summed E-state index contributed by atoms with van der Waals surface area (Å²) in [6, 6.07) is 161. The van der Waals surface area contributed by atoms with Gasteiger partial charge in [0.25, 0.3) is 0 Å². The zero-order valence-corrected chi connectivity index (χ0v) is 74.9. The van der Waals surface area contributed by atoms with Gasteiger partial charge >= 0.3 is 0 Å². The predicted molar refractivity (Wildman–Crippen MR) is 582 cm³/mol. The Morgan fingerprint density at radius 2 is 0.388 bits per heavy atom. The molecule has 29 rings (SSSR count). The molecule has 0 aliphatic carbocycles. The number of rotatable bonds is 10. The van der Waals surface area contributed by atoms with Crippen molar-refractivity contribution in [2.45, 2.75) is 0 Å². The van der Waals surface area contributed by atoms with E-state index in [0.717, 1.165) is 143 Å². The molecule has 0 saturated carbocycles. The third kappa shape index (κ3) is 14.2. The lowest BCUT2D eigenvalue weighted by Crippen LogP contribution is -2.03. The molecule has 6 aromatic heterocycles. The van der Waals surface area contributed by atoms with Gasteiger partial charge in [-0.15, -0.1) is 0 Å². The maximum Gasteiger partial charge on any atom is 0.162 e. The highest BCUT2D eigenvalue weighted by Gasteiger charge is 2.25. The van der Waals surface area contributed by atoms with Crippen molar-refractivity contribution in [1.82, 2.24) is 43.6 Å². The highest BCUT2D eigenvalue weighted by atomic mass is 15.1. The number of aromatic nitrogens is 9. The van der Waals surface area contributed by atoms with E-state index in [1.165, 1.54) is 92.1 Å². The summed E-state index contributed by atoms with van der Waals surface area (Å²) >= 11 is 0. The van der Waals surface area contributed by atoms with Gasteiger partial charge in [0.15, 0.2) is 17.5 Å². The van der Waals surface area contributed by atoms with E-state index >= 15 is 0 Å². The average molecular weight is 1770 g/mol. The molecule has 0 unspecified atom stereocenters. The standard InChI is InChI=1S/C46H29N3.C44H27N3.C40H25N3/c1-2-10-30(11-3-1)32-18-21-33(22-19-32)45-47-42-28-38(37-23-20-31-12-4-5-13-34(31)26-37)24-25-40(42)46(48-45)49-43-17-9-8-16-39(43)41-27-35-14-6-7-15-36(35)29-44(41)49;1-3-11-30-23-34(19-17-28(30)9-1)35-21-22-38-40(26-35)45-43(36-20-18-29-10-2-4-12-31(29)24-36)46-44(38)47-41-16-8-7-15-37(41)39-25-32-13-5-6-14-33(32)27-42(39)47;1-2-11-27(12-3-1)39-41-36-24-32(31-19-18-26-10-4-5-13-28(26)22-31)20-21-34(36)40(42-39)43-37-17-9-8-16-33(37)35-23-29-14-6-7-15-30(29)25-38(35)43/h1-29H;1-27H;1-25H/i;;1D,2D,3D,11D,12D. The second kappa shape index (κ2) is 33.2. The van der Waals surface area contributed by atoms with E-state index in [9.17, 15) is 0 Å². The molecule has 0 aliphatic heterocycles. The summed E-state index contributed by atoms with van der Waals surface area (Å²) in [5, 5.41) is 26.4. The van der Waals surface area contributed by atoms with Crippen LogP contribution >= 0.6 is 0 Å². The predicted octanol–water partition coefficient (Wildman–Crippen LogP) is 33.9. The van der Waals surface area contributed by atoms with E-state index in [-0.39, 0.29) is 23.5 Å². The van der Waals surface area contributed by atoms with Crippen molar-refractivity contribution in [3.05, 3.63) is 491 Å². The summed E-state index contributed by atoms with van der Waals surface area (Å²) in [6.07, 6.45) is 0. The molecule has 6 heterocycles. The maximum atomic E-state index is 8.77. The first-order chi connectivity index (χ1) is 70.9. The fourth-order valence-corrected chi connectivity index (χ4v) is 20.6. The topological polar surface area (TPSA) is 92.1 Å². The summed E-state index contributed by atoms with van der Waals surface area (Å²) in [5.74, 6) is 3.79. The molecule has 139 heavy (non-hydrogen) atoms. The second-order valence-electron chi connectivity index (χ2n) is 35.7. The van der Waals surface area contributed by atoms with E-state index in [4.69, 9.17) is 36.8 Å². The molecular formula is C130H81N9. The number of para-hydroxylation sites is 3. The molecule has 23 aromatic carbocycles. The molecular weight excluding hydrogens is 1690 g/mol. The maximum absolute atomic E-state index is 8.77. The molecule has 0 aliphatic rings. The van der Waals surface area contributed by atoms with Crippen LogP contribution < -0.4 is 0 Å². The van der Waals surface area contributed by atoms with Gasteiger partial charge in [-0.05, 0) is 235 Å². The van der Waals surface area contributed by atoms with Crippen molar-refractivity contribution in [2.24, 2.45) is 0 Å². The van der Waals surface area contributed by atoms with E-state index in [1.807, 2.05) is 54.6 Å². The van der Waals surface area contributed by atoms with Crippen LogP contribution in [0.4, 0.5) is 0 Å².